The van der Waals surface area contributed by atoms with Gasteiger partial charge in [-0.15, -0.1) is 0 Å². The van der Waals surface area contributed by atoms with Gasteiger partial charge in [0.25, 0.3) is 0 Å². The third kappa shape index (κ3) is 9.01. The predicted octanol–water partition coefficient (Wildman–Crippen LogP) is 5.12. The topological polar surface area (TPSA) is 93.5 Å². The first-order chi connectivity index (χ1) is 16.0. The zero-order valence-corrected chi connectivity index (χ0v) is 22.5. The van der Waals surface area contributed by atoms with E-state index in [1.165, 1.54) is 0 Å². The SMILES string of the molecule is CC.CC(=O)c1nn(CC2CCOCC2)c2ccc(Cl)cc12.CC(C(=O)NCCO)C(C)(C)C. The lowest BCUT2D eigenvalue weighted by molar-refractivity contribution is -0.127. The zero-order chi connectivity index (χ0) is 25.9. The van der Waals surface area contributed by atoms with E-state index in [0.717, 1.165) is 43.5 Å². The van der Waals surface area contributed by atoms with Crippen LogP contribution in [0, 0.1) is 17.3 Å². The molecule has 1 saturated heterocycles. The molecule has 0 spiro atoms. The van der Waals surface area contributed by atoms with Gasteiger partial charge in [-0.2, -0.15) is 5.10 Å². The van der Waals surface area contributed by atoms with Gasteiger partial charge in [-0.05, 0) is 42.4 Å². The van der Waals surface area contributed by atoms with E-state index in [1.807, 2.05) is 64.4 Å². The molecule has 1 fully saturated rings. The predicted molar refractivity (Wildman–Crippen MR) is 138 cm³/mol. The molecule has 0 bridgehead atoms. The standard InChI is InChI=1S/C15H17ClN2O2.C9H19NO2.C2H6/c1-10(19)15-13-8-12(16)2-3-14(13)18(17-15)9-11-4-6-20-7-5-11;1-7(9(2,3)4)8(12)10-5-6-11;1-2/h2-3,8,11H,4-7,9H2,1H3;7,11H,5-6H2,1-4H3,(H,10,12);1-2H3. The van der Waals surface area contributed by atoms with Gasteiger partial charge in [0.1, 0.15) is 5.69 Å². The quantitative estimate of drug-likeness (QED) is 0.542. The summed E-state index contributed by atoms with van der Waals surface area (Å²) in [5, 5.41) is 17.1. The molecule has 7 nitrogen and oxygen atoms in total. The van der Waals surface area contributed by atoms with Crippen LogP contribution < -0.4 is 5.32 Å². The molecule has 8 heteroatoms. The molecule has 0 saturated carbocycles. The van der Waals surface area contributed by atoms with Crippen molar-refractivity contribution >= 4 is 34.2 Å². The Morgan fingerprint density at radius 1 is 1.26 bits per heavy atom. The summed E-state index contributed by atoms with van der Waals surface area (Å²) in [5.41, 5.74) is 1.47. The van der Waals surface area contributed by atoms with E-state index in [0.29, 0.717) is 23.2 Å². The lowest BCUT2D eigenvalue weighted by atomic mass is 9.81. The van der Waals surface area contributed by atoms with Crippen LogP contribution in [0.3, 0.4) is 0 Å². The van der Waals surface area contributed by atoms with Gasteiger partial charge in [0.15, 0.2) is 5.78 Å². The van der Waals surface area contributed by atoms with Gasteiger partial charge >= 0.3 is 0 Å². The number of carbonyl (C=O) groups excluding carboxylic acids is 2. The minimum absolute atomic E-state index is 0.00258. The highest BCUT2D eigenvalue weighted by atomic mass is 35.5. The van der Waals surface area contributed by atoms with Crippen molar-refractivity contribution in [3.8, 4) is 0 Å². The lowest BCUT2D eigenvalue weighted by Crippen LogP contribution is -2.37. The number of aliphatic hydroxyl groups is 1. The Morgan fingerprint density at radius 2 is 1.88 bits per heavy atom. The number of nitrogens with one attached hydrogen (secondary N) is 1. The number of rotatable bonds is 6. The molecule has 1 unspecified atom stereocenters. The summed E-state index contributed by atoms with van der Waals surface area (Å²) in [6, 6.07) is 5.60. The Labute approximate surface area is 209 Å². The molecular formula is C26H42ClN3O4. The number of aliphatic hydroxyl groups excluding tert-OH is 1. The lowest BCUT2D eigenvalue weighted by Gasteiger charge is -2.25. The average molecular weight is 496 g/mol. The molecule has 3 rings (SSSR count). The monoisotopic (exact) mass is 495 g/mol. The third-order valence-electron chi connectivity index (χ3n) is 5.92. The number of halogens is 1. The second-order valence-corrected chi connectivity index (χ2v) is 9.84. The van der Waals surface area contributed by atoms with Crippen molar-refractivity contribution in [2.45, 2.75) is 67.9 Å². The summed E-state index contributed by atoms with van der Waals surface area (Å²) < 4.78 is 7.33. The first-order valence-corrected chi connectivity index (χ1v) is 12.6. The second-order valence-electron chi connectivity index (χ2n) is 9.41. The molecule has 2 heterocycles. The number of benzene rings is 1. The van der Waals surface area contributed by atoms with Crippen LogP contribution in [0.4, 0.5) is 0 Å². The molecule has 0 aliphatic carbocycles. The second kappa shape index (κ2) is 14.4. The molecule has 1 amide bonds. The highest BCUT2D eigenvalue weighted by molar-refractivity contribution is 6.31. The molecule has 1 aromatic heterocycles. The number of amides is 1. The van der Waals surface area contributed by atoms with Crippen molar-refractivity contribution in [1.29, 1.82) is 0 Å². The summed E-state index contributed by atoms with van der Waals surface area (Å²) in [6.07, 6.45) is 2.09. The molecule has 1 aromatic carbocycles. The number of hydrogen-bond acceptors (Lipinski definition) is 5. The smallest absolute Gasteiger partial charge is 0.223 e. The largest absolute Gasteiger partial charge is 0.395 e. The summed E-state index contributed by atoms with van der Waals surface area (Å²) in [5.74, 6) is 0.519. The summed E-state index contributed by atoms with van der Waals surface area (Å²) in [4.78, 5) is 23.1. The zero-order valence-electron chi connectivity index (χ0n) is 21.8. The molecule has 192 valence electrons. The normalized spacial score (nSPS) is 15.0. The van der Waals surface area contributed by atoms with E-state index >= 15 is 0 Å². The number of carbonyl (C=O) groups is 2. The van der Waals surface area contributed by atoms with E-state index < -0.39 is 0 Å². The Balaban J connectivity index is 0.000000357. The number of nitrogens with zero attached hydrogens (tertiary/aromatic N) is 2. The van der Waals surface area contributed by atoms with E-state index in [-0.39, 0.29) is 29.6 Å². The summed E-state index contributed by atoms with van der Waals surface area (Å²) in [6.45, 7) is 16.3. The van der Waals surface area contributed by atoms with Crippen LogP contribution >= 0.6 is 11.6 Å². The van der Waals surface area contributed by atoms with Crippen LogP contribution in [0.2, 0.25) is 5.02 Å². The summed E-state index contributed by atoms with van der Waals surface area (Å²) >= 11 is 6.03. The summed E-state index contributed by atoms with van der Waals surface area (Å²) in [7, 11) is 0. The Bertz CT molecular complexity index is 915. The van der Waals surface area contributed by atoms with Gasteiger partial charge in [0.2, 0.25) is 5.91 Å². The molecule has 1 aliphatic heterocycles. The van der Waals surface area contributed by atoms with Gasteiger partial charge in [-0.25, -0.2) is 0 Å². The van der Waals surface area contributed by atoms with Crippen LogP contribution in [0.5, 0.6) is 0 Å². The minimum Gasteiger partial charge on any atom is -0.395 e. The minimum atomic E-state index is -0.0250. The number of fused-ring (bicyclic) bond motifs is 1. The van der Waals surface area contributed by atoms with Crippen LogP contribution in [0.1, 0.15) is 71.8 Å². The molecule has 34 heavy (non-hydrogen) atoms. The van der Waals surface area contributed by atoms with Crippen LogP contribution in [-0.4, -0.2) is 52.9 Å². The number of ketones is 1. The first-order valence-electron chi connectivity index (χ1n) is 12.2. The number of aromatic nitrogens is 2. The van der Waals surface area contributed by atoms with Gasteiger partial charge < -0.3 is 15.2 Å². The highest BCUT2D eigenvalue weighted by Crippen LogP contribution is 2.26. The van der Waals surface area contributed by atoms with Crippen LogP contribution in [0.15, 0.2) is 18.2 Å². The van der Waals surface area contributed by atoms with E-state index in [1.54, 1.807) is 6.92 Å². The van der Waals surface area contributed by atoms with E-state index in [2.05, 4.69) is 10.4 Å². The van der Waals surface area contributed by atoms with Gasteiger partial charge in [-0.1, -0.05) is 53.1 Å². The molecule has 2 aromatic rings. The maximum absolute atomic E-state index is 11.7. The molecule has 2 N–H and O–H groups in total. The number of Topliss-reactive ketones (excluding diaryl/α,β-unsaturated/α-hetero) is 1. The average Bonchev–Trinajstić information content (AvgIpc) is 3.16. The van der Waals surface area contributed by atoms with Gasteiger partial charge in [0, 0.05) is 49.6 Å². The van der Waals surface area contributed by atoms with Crippen molar-refractivity contribution in [3.05, 3.63) is 28.9 Å². The van der Waals surface area contributed by atoms with E-state index in [9.17, 15) is 9.59 Å². The fourth-order valence-electron chi connectivity index (χ4n) is 3.45. The molecule has 0 radical (unpaired) electrons. The van der Waals surface area contributed by atoms with Crippen molar-refractivity contribution < 1.29 is 19.4 Å². The maximum atomic E-state index is 11.7. The molecular weight excluding hydrogens is 454 g/mol. The van der Waals surface area contributed by atoms with Crippen molar-refractivity contribution in [3.63, 3.8) is 0 Å². The van der Waals surface area contributed by atoms with Crippen molar-refractivity contribution in [2.24, 2.45) is 17.3 Å². The Hall–Kier alpha value is -1.96. The first kappa shape index (κ1) is 30.1. The van der Waals surface area contributed by atoms with Gasteiger partial charge in [0.05, 0.1) is 12.1 Å². The van der Waals surface area contributed by atoms with E-state index in [4.69, 9.17) is 21.4 Å². The van der Waals surface area contributed by atoms with Crippen LogP contribution in [0.25, 0.3) is 10.9 Å². The van der Waals surface area contributed by atoms with Crippen molar-refractivity contribution in [1.82, 2.24) is 15.1 Å². The van der Waals surface area contributed by atoms with Crippen molar-refractivity contribution in [2.75, 3.05) is 26.4 Å². The fraction of sp³-hybridized carbons (Fsp3) is 0.654. The Morgan fingerprint density at radius 3 is 2.41 bits per heavy atom. The Kier molecular flexibility index (Phi) is 12.8. The molecule has 1 aliphatic rings. The fourth-order valence-corrected chi connectivity index (χ4v) is 3.62. The maximum Gasteiger partial charge on any atom is 0.223 e. The third-order valence-corrected chi connectivity index (χ3v) is 6.16. The van der Waals surface area contributed by atoms with Crippen LogP contribution in [-0.2, 0) is 16.1 Å². The van der Waals surface area contributed by atoms with Gasteiger partial charge in [-0.3, -0.25) is 14.3 Å². The number of ether oxygens (including phenoxy) is 1. The number of hydrogen-bond donors (Lipinski definition) is 2. The molecule has 1 atom stereocenters. The highest BCUT2D eigenvalue weighted by Gasteiger charge is 2.26.